The molecule has 0 saturated heterocycles. The standard InChI is InChI=1S/C14H27N3O4/c1-14(2,3)9(4-5-12(19)20)6-7-17-13(21)10(15)8-11(16)18/h9-10H,4-8,15H2,1-3H3,(H2,16,18)(H,17,21)(H,19,20). The van der Waals surface area contributed by atoms with Crippen LogP contribution < -0.4 is 16.8 Å². The molecule has 0 radical (unpaired) electrons. The van der Waals surface area contributed by atoms with Crippen LogP contribution in [0.3, 0.4) is 0 Å². The molecule has 0 bridgehead atoms. The minimum atomic E-state index is -0.936. The Bertz CT molecular complexity index is 377. The number of amides is 2. The molecule has 2 unspecified atom stereocenters. The number of carboxylic acid groups (broad SMARTS) is 1. The largest absolute Gasteiger partial charge is 0.481 e. The first-order valence-electron chi connectivity index (χ1n) is 7.07. The van der Waals surface area contributed by atoms with Crippen molar-refractivity contribution in [3.8, 4) is 0 Å². The summed E-state index contributed by atoms with van der Waals surface area (Å²) in [6.07, 6.45) is 1.14. The number of aliphatic carboxylic acids is 1. The highest BCUT2D eigenvalue weighted by Gasteiger charge is 2.25. The second-order valence-electron chi connectivity index (χ2n) is 6.35. The van der Waals surface area contributed by atoms with Crippen molar-refractivity contribution in [3.05, 3.63) is 0 Å². The summed E-state index contributed by atoms with van der Waals surface area (Å²) in [5.74, 6) is -1.69. The molecule has 7 nitrogen and oxygen atoms in total. The number of carbonyl (C=O) groups excluding carboxylic acids is 2. The van der Waals surface area contributed by atoms with Gasteiger partial charge in [-0.25, -0.2) is 0 Å². The average molecular weight is 301 g/mol. The van der Waals surface area contributed by atoms with Crippen LogP contribution in [0.1, 0.15) is 46.5 Å². The van der Waals surface area contributed by atoms with Gasteiger partial charge in [0.2, 0.25) is 11.8 Å². The quantitative estimate of drug-likeness (QED) is 0.483. The molecule has 6 N–H and O–H groups in total. The maximum absolute atomic E-state index is 11.6. The first-order chi connectivity index (χ1) is 9.54. The Labute approximate surface area is 125 Å². The van der Waals surface area contributed by atoms with Crippen LogP contribution in [0.5, 0.6) is 0 Å². The van der Waals surface area contributed by atoms with Crippen molar-refractivity contribution in [2.75, 3.05) is 6.54 Å². The number of hydrogen-bond acceptors (Lipinski definition) is 4. The average Bonchev–Trinajstić information content (AvgIpc) is 2.30. The third kappa shape index (κ3) is 9.01. The second-order valence-corrected chi connectivity index (χ2v) is 6.35. The zero-order valence-corrected chi connectivity index (χ0v) is 13.0. The molecule has 0 aromatic carbocycles. The molecule has 0 rings (SSSR count). The fraction of sp³-hybridized carbons (Fsp3) is 0.786. The molecule has 0 aliphatic carbocycles. The molecular formula is C14H27N3O4. The molecule has 0 heterocycles. The fourth-order valence-electron chi connectivity index (χ4n) is 2.12. The lowest BCUT2D eigenvalue weighted by atomic mass is 9.76. The van der Waals surface area contributed by atoms with Crippen molar-refractivity contribution in [1.29, 1.82) is 0 Å². The van der Waals surface area contributed by atoms with Gasteiger partial charge in [0.15, 0.2) is 0 Å². The van der Waals surface area contributed by atoms with Gasteiger partial charge in [-0.1, -0.05) is 20.8 Å². The summed E-state index contributed by atoms with van der Waals surface area (Å²) in [6, 6.07) is -0.936. The van der Waals surface area contributed by atoms with Gasteiger partial charge in [-0.05, 0) is 24.2 Å². The predicted octanol–water partition coefficient (Wildman–Crippen LogP) is 0.223. The molecule has 0 aliphatic heterocycles. The molecule has 0 saturated carbocycles. The van der Waals surface area contributed by atoms with E-state index in [2.05, 4.69) is 5.32 Å². The summed E-state index contributed by atoms with van der Waals surface area (Å²) in [7, 11) is 0. The highest BCUT2D eigenvalue weighted by Crippen LogP contribution is 2.32. The van der Waals surface area contributed by atoms with E-state index >= 15 is 0 Å². The Morgan fingerprint density at radius 2 is 1.76 bits per heavy atom. The Hall–Kier alpha value is -1.63. The maximum Gasteiger partial charge on any atom is 0.303 e. The summed E-state index contributed by atoms with van der Waals surface area (Å²) in [5, 5.41) is 11.4. The third-order valence-electron chi connectivity index (χ3n) is 3.48. The van der Waals surface area contributed by atoms with Gasteiger partial charge in [-0.3, -0.25) is 14.4 Å². The zero-order valence-electron chi connectivity index (χ0n) is 13.0. The summed E-state index contributed by atoms with van der Waals surface area (Å²) < 4.78 is 0. The Balaban J connectivity index is 4.27. The van der Waals surface area contributed by atoms with Crippen LogP contribution in [-0.2, 0) is 14.4 Å². The van der Waals surface area contributed by atoms with Crippen LogP contribution in [-0.4, -0.2) is 35.5 Å². The van der Waals surface area contributed by atoms with Crippen LogP contribution in [0.15, 0.2) is 0 Å². The monoisotopic (exact) mass is 301 g/mol. The number of primary amides is 1. The van der Waals surface area contributed by atoms with Gasteiger partial charge >= 0.3 is 5.97 Å². The number of rotatable bonds is 9. The van der Waals surface area contributed by atoms with Crippen molar-refractivity contribution in [2.24, 2.45) is 22.8 Å². The zero-order chi connectivity index (χ0) is 16.6. The van der Waals surface area contributed by atoms with Crippen molar-refractivity contribution in [2.45, 2.75) is 52.5 Å². The first-order valence-corrected chi connectivity index (χ1v) is 7.07. The Morgan fingerprint density at radius 1 is 1.19 bits per heavy atom. The van der Waals surface area contributed by atoms with Crippen LogP contribution in [0, 0.1) is 11.3 Å². The second kappa shape index (κ2) is 8.61. The molecule has 7 heteroatoms. The first kappa shape index (κ1) is 19.4. The lowest BCUT2D eigenvalue weighted by Gasteiger charge is -2.30. The molecule has 2 atom stereocenters. The lowest BCUT2D eigenvalue weighted by molar-refractivity contribution is -0.137. The molecule has 0 fully saturated rings. The molecule has 2 amide bonds. The summed E-state index contributed by atoms with van der Waals surface area (Å²) >= 11 is 0. The lowest BCUT2D eigenvalue weighted by Crippen LogP contribution is -2.43. The van der Waals surface area contributed by atoms with Gasteiger partial charge in [0.1, 0.15) is 0 Å². The molecule has 0 spiro atoms. The van der Waals surface area contributed by atoms with Gasteiger partial charge in [-0.15, -0.1) is 0 Å². The molecule has 0 aliphatic rings. The van der Waals surface area contributed by atoms with Crippen LogP contribution in [0.25, 0.3) is 0 Å². The van der Waals surface area contributed by atoms with E-state index in [1.54, 1.807) is 0 Å². The van der Waals surface area contributed by atoms with Crippen molar-refractivity contribution >= 4 is 17.8 Å². The minimum absolute atomic E-state index is 0.0461. The maximum atomic E-state index is 11.6. The van der Waals surface area contributed by atoms with Gasteiger partial charge in [0.05, 0.1) is 12.5 Å². The topological polar surface area (TPSA) is 136 Å². The predicted molar refractivity (Wildman–Crippen MR) is 79.2 cm³/mol. The summed E-state index contributed by atoms with van der Waals surface area (Å²) in [6.45, 7) is 6.52. The van der Waals surface area contributed by atoms with E-state index in [0.29, 0.717) is 19.4 Å². The number of nitrogens with two attached hydrogens (primary N) is 2. The number of carboxylic acids is 1. The number of hydrogen-bond donors (Lipinski definition) is 4. The summed E-state index contributed by atoms with van der Waals surface area (Å²) in [4.78, 5) is 33.0. The van der Waals surface area contributed by atoms with E-state index in [1.807, 2.05) is 20.8 Å². The number of carbonyl (C=O) groups is 3. The SMILES string of the molecule is CC(C)(C)C(CCNC(=O)C(N)CC(N)=O)CCC(=O)O. The van der Waals surface area contributed by atoms with Gasteiger partial charge in [0, 0.05) is 13.0 Å². The van der Waals surface area contributed by atoms with Crippen LogP contribution >= 0.6 is 0 Å². The van der Waals surface area contributed by atoms with E-state index in [0.717, 1.165) is 0 Å². The molecule has 21 heavy (non-hydrogen) atoms. The van der Waals surface area contributed by atoms with E-state index in [4.69, 9.17) is 16.6 Å². The van der Waals surface area contributed by atoms with E-state index in [-0.39, 0.29) is 24.2 Å². The van der Waals surface area contributed by atoms with Gasteiger partial charge in [0.25, 0.3) is 0 Å². The van der Waals surface area contributed by atoms with Crippen molar-refractivity contribution < 1.29 is 19.5 Å². The molecule has 0 aromatic rings. The summed E-state index contributed by atoms with van der Waals surface area (Å²) in [5.41, 5.74) is 10.5. The minimum Gasteiger partial charge on any atom is -0.481 e. The Morgan fingerprint density at radius 3 is 2.19 bits per heavy atom. The van der Waals surface area contributed by atoms with E-state index in [1.165, 1.54) is 0 Å². The molecule has 122 valence electrons. The highest BCUT2D eigenvalue weighted by molar-refractivity contribution is 5.87. The smallest absolute Gasteiger partial charge is 0.303 e. The third-order valence-corrected chi connectivity index (χ3v) is 3.48. The normalized spacial score (nSPS) is 14.3. The fourth-order valence-corrected chi connectivity index (χ4v) is 2.12. The van der Waals surface area contributed by atoms with Gasteiger partial charge in [-0.2, -0.15) is 0 Å². The van der Waals surface area contributed by atoms with Crippen LogP contribution in [0.4, 0.5) is 0 Å². The van der Waals surface area contributed by atoms with Crippen molar-refractivity contribution in [3.63, 3.8) is 0 Å². The van der Waals surface area contributed by atoms with E-state index < -0.39 is 23.8 Å². The van der Waals surface area contributed by atoms with E-state index in [9.17, 15) is 14.4 Å². The van der Waals surface area contributed by atoms with Crippen molar-refractivity contribution in [1.82, 2.24) is 5.32 Å². The van der Waals surface area contributed by atoms with Gasteiger partial charge < -0.3 is 21.9 Å². The Kier molecular flexibility index (Phi) is 7.94. The van der Waals surface area contributed by atoms with Crippen LogP contribution in [0.2, 0.25) is 0 Å². The highest BCUT2D eigenvalue weighted by atomic mass is 16.4. The number of nitrogens with one attached hydrogen (secondary N) is 1. The molecule has 0 aromatic heterocycles. The molecular weight excluding hydrogens is 274 g/mol.